The number of nitrogens with zero attached hydrogens (tertiary/aromatic N) is 1. The zero-order valence-corrected chi connectivity index (χ0v) is 4.96. The maximum atomic E-state index is 10.8. The summed E-state index contributed by atoms with van der Waals surface area (Å²) >= 11 is 0. The van der Waals surface area contributed by atoms with Crippen molar-refractivity contribution in [1.29, 1.82) is 0 Å². The van der Waals surface area contributed by atoms with Gasteiger partial charge in [0.15, 0.2) is 6.61 Å². The molecule has 52 valence electrons. The van der Waals surface area contributed by atoms with Gasteiger partial charge in [0, 0.05) is 0 Å². The molecule has 0 bridgehead atoms. The van der Waals surface area contributed by atoms with Crippen LogP contribution in [0.2, 0.25) is 0 Å². The molecule has 1 aliphatic heterocycles. The first-order valence-electron chi connectivity index (χ1n) is 2.69. The molecule has 0 spiro atoms. The first kappa shape index (κ1) is 5.28. The highest BCUT2D eigenvalue weighted by Crippen LogP contribution is 2.25. The number of carbonyl (C=O) groups excluding carboxylic acids is 1. The zero-order valence-electron chi connectivity index (χ0n) is 4.96. The van der Waals surface area contributed by atoms with Crippen LogP contribution in [0.1, 0.15) is 10.6 Å². The van der Waals surface area contributed by atoms with Gasteiger partial charge in [-0.1, -0.05) is 0 Å². The standard InChI is InChI=1S/C5H4N2O3/c6-5-7-4-3(10-5)2(8)1-9-4/h1H2,(H2,6,7). The molecular weight excluding hydrogens is 136 g/mol. The van der Waals surface area contributed by atoms with Gasteiger partial charge >= 0.3 is 0 Å². The summed E-state index contributed by atoms with van der Waals surface area (Å²) in [5.41, 5.74) is 5.14. The van der Waals surface area contributed by atoms with E-state index in [2.05, 4.69) is 4.98 Å². The van der Waals surface area contributed by atoms with Crippen molar-refractivity contribution in [3.8, 4) is 5.88 Å². The highest BCUT2D eigenvalue weighted by Gasteiger charge is 2.27. The number of ether oxygens (including phenoxy) is 1. The first-order valence-corrected chi connectivity index (χ1v) is 2.69. The van der Waals surface area contributed by atoms with E-state index in [-0.39, 0.29) is 30.0 Å². The summed E-state index contributed by atoms with van der Waals surface area (Å²) in [7, 11) is 0. The van der Waals surface area contributed by atoms with Crippen molar-refractivity contribution in [2.75, 3.05) is 12.3 Å². The smallest absolute Gasteiger partial charge is 0.296 e. The summed E-state index contributed by atoms with van der Waals surface area (Å²) in [5, 5.41) is 0. The highest BCUT2D eigenvalue weighted by atomic mass is 16.5. The van der Waals surface area contributed by atoms with Gasteiger partial charge < -0.3 is 14.9 Å². The summed E-state index contributed by atoms with van der Waals surface area (Å²) in [4.78, 5) is 14.4. The Balaban J connectivity index is 2.59. The molecular formula is C5H4N2O3. The van der Waals surface area contributed by atoms with Crippen molar-refractivity contribution in [3.05, 3.63) is 5.76 Å². The molecule has 10 heavy (non-hydrogen) atoms. The molecule has 0 atom stereocenters. The van der Waals surface area contributed by atoms with E-state index in [9.17, 15) is 4.79 Å². The summed E-state index contributed by atoms with van der Waals surface area (Å²) in [6.07, 6.45) is 0. The van der Waals surface area contributed by atoms with Crippen LogP contribution in [-0.2, 0) is 0 Å². The minimum Gasteiger partial charge on any atom is -0.466 e. The largest absolute Gasteiger partial charge is 0.466 e. The maximum absolute atomic E-state index is 10.8. The normalized spacial score (nSPS) is 15.0. The molecule has 2 heterocycles. The van der Waals surface area contributed by atoms with Gasteiger partial charge in [0.05, 0.1) is 0 Å². The fourth-order valence-electron chi connectivity index (χ4n) is 0.795. The van der Waals surface area contributed by atoms with Crippen LogP contribution < -0.4 is 10.5 Å². The van der Waals surface area contributed by atoms with Crippen LogP contribution >= 0.6 is 0 Å². The maximum Gasteiger partial charge on any atom is 0.296 e. The molecule has 1 aliphatic rings. The number of anilines is 1. The van der Waals surface area contributed by atoms with E-state index in [0.29, 0.717) is 0 Å². The van der Waals surface area contributed by atoms with Gasteiger partial charge in [-0.15, -0.1) is 0 Å². The van der Waals surface area contributed by atoms with Crippen molar-refractivity contribution < 1.29 is 13.9 Å². The Hall–Kier alpha value is -1.52. The Morgan fingerprint density at radius 2 is 2.40 bits per heavy atom. The van der Waals surface area contributed by atoms with Crippen molar-refractivity contribution in [3.63, 3.8) is 0 Å². The predicted octanol–water partition coefficient (Wildman–Crippen LogP) is -0.168. The van der Waals surface area contributed by atoms with E-state index >= 15 is 0 Å². The van der Waals surface area contributed by atoms with Crippen LogP contribution in [0.5, 0.6) is 5.88 Å². The number of rotatable bonds is 0. The second kappa shape index (κ2) is 1.50. The summed E-state index contributed by atoms with van der Waals surface area (Å²) in [6, 6.07) is -0.0296. The number of fused-ring (bicyclic) bond motifs is 1. The van der Waals surface area contributed by atoms with Crippen LogP contribution in [0.15, 0.2) is 4.42 Å². The minimum atomic E-state index is -0.209. The molecule has 0 amide bonds. The number of hydrogen-bond acceptors (Lipinski definition) is 5. The summed E-state index contributed by atoms with van der Waals surface area (Å²) in [5.74, 6) is 0.138. The first-order chi connectivity index (χ1) is 4.77. The van der Waals surface area contributed by atoms with Crippen molar-refractivity contribution in [1.82, 2.24) is 4.98 Å². The number of nitrogens with two attached hydrogens (primary N) is 1. The number of ketones is 1. The molecule has 0 aromatic carbocycles. The lowest BCUT2D eigenvalue weighted by molar-refractivity contribution is 0.0939. The van der Waals surface area contributed by atoms with E-state index in [1.165, 1.54) is 0 Å². The van der Waals surface area contributed by atoms with E-state index < -0.39 is 0 Å². The second-order valence-corrected chi connectivity index (χ2v) is 1.90. The Bertz CT molecular complexity index is 291. The Morgan fingerprint density at radius 3 is 3.10 bits per heavy atom. The highest BCUT2D eigenvalue weighted by molar-refractivity contribution is 5.99. The fourth-order valence-corrected chi connectivity index (χ4v) is 0.795. The van der Waals surface area contributed by atoms with Crippen LogP contribution in [0, 0.1) is 0 Å². The van der Waals surface area contributed by atoms with Gasteiger partial charge in [0.25, 0.3) is 11.9 Å². The fraction of sp³-hybridized carbons (Fsp3) is 0.200. The van der Waals surface area contributed by atoms with Gasteiger partial charge in [-0.2, -0.15) is 4.98 Å². The predicted molar refractivity (Wildman–Crippen MR) is 30.7 cm³/mol. The number of carbonyl (C=O) groups is 1. The van der Waals surface area contributed by atoms with Crippen molar-refractivity contribution in [2.45, 2.75) is 0 Å². The molecule has 5 nitrogen and oxygen atoms in total. The lowest BCUT2D eigenvalue weighted by atomic mass is 10.4. The molecule has 0 unspecified atom stereocenters. The van der Waals surface area contributed by atoms with Gasteiger partial charge in [0.1, 0.15) is 0 Å². The third-order valence-electron chi connectivity index (χ3n) is 1.21. The van der Waals surface area contributed by atoms with Crippen molar-refractivity contribution >= 4 is 11.8 Å². The minimum absolute atomic E-state index is 0.0153. The number of hydrogen-bond donors (Lipinski definition) is 1. The Morgan fingerprint density at radius 1 is 1.60 bits per heavy atom. The second-order valence-electron chi connectivity index (χ2n) is 1.90. The van der Waals surface area contributed by atoms with E-state index in [4.69, 9.17) is 14.9 Å². The summed E-state index contributed by atoms with van der Waals surface area (Å²) < 4.78 is 9.53. The third-order valence-corrected chi connectivity index (χ3v) is 1.21. The average Bonchev–Trinajstić information content (AvgIpc) is 2.35. The number of aromatic nitrogens is 1. The molecule has 0 fully saturated rings. The van der Waals surface area contributed by atoms with Gasteiger partial charge in [0.2, 0.25) is 11.5 Å². The Labute approximate surface area is 55.8 Å². The molecule has 0 aliphatic carbocycles. The Kier molecular flexibility index (Phi) is 0.791. The lowest BCUT2D eigenvalue weighted by Gasteiger charge is -1.85. The van der Waals surface area contributed by atoms with Crippen LogP contribution in [-0.4, -0.2) is 17.4 Å². The van der Waals surface area contributed by atoms with E-state index in [1.807, 2.05) is 0 Å². The van der Waals surface area contributed by atoms with Crippen molar-refractivity contribution in [2.24, 2.45) is 0 Å². The average molecular weight is 140 g/mol. The lowest BCUT2D eigenvalue weighted by Crippen LogP contribution is -2.00. The van der Waals surface area contributed by atoms with Crippen LogP contribution in [0.4, 0.5) is 6.01 Å². The molecule has 1 aromatic rings. The van der Waals surface area contributed by atoms with Crippen LogP contribution in [0.25, 0.3) is 0 Å². The topological polar surface area (TPSA) is 78.4 Å². The van der Waals surface area contributed by atoms with Gasteiger partial charge in [-0.05, 0) is 0 Å². The molecule has 0 radical (unpaired) electrons. The van der Waals surface area contributed by atoms with E-state index in [1.54, 1.807) is 0 Å². The molecule has 0 saturated heterocycles. The number of oxazole rings is 1. The summed E-state index contributed by atoms with van der Waals surface area (Å²) in [6.45, 7) is 0.0153. The SMILES string of the molecule is Nc1nc2c(o1)C(=O)CO2. The van der Waals surface area contributed by atoms with E-state index in [0.717, 1.165) is 0 Å². The molecule has 0 saturated carbocycles. The van der Waals surface area contributed by atoms with Gasteiger partial charge in [-0.3, -0.25) is 4.79 Å². The molecule has 2 rings (SSSR count). The molecule has 1 aromatic heterocycles. The third kappa shape index (κ3) is 0.513. The quantitative estimate of drug-likeness (QED) is 0.541. The van der Waals surface area contributed by atoms with Crippen LogP contribution in [0.3, 0.4) is 0 Å². The zero-order chi connectivity index (χ0) is 7.14. The molecule has 5 heteroatoms. The monoisotopic (exact) mass is 140 g/mol. The van der Waals surface area contributed by atoms with Gasteiger partial charge in [-0.25, -0.2) is 0 Å². The number of Topliss-reactive ketones (excluding diaryl/α,β-unsaturated/α-hetero) is 1. The molecule has 2 N–H and O–H groups in total. The number of nitrogen functional groups attached to an aromatic ring is 1.